The predicted molar refractivity (Wildman–Crippen MR) is 89.4 cm³/mol. The maximum Gasteiger partial charge on any atom is 0.269 e. The average Bonchev–Trinajstić information content (AvgIpc) is 2.53. The van der Waals surface area contributed by atoms with E-state index in [1.54, 1.807) is 12.1 Å². The number of nitrogens with two attached hydrogens (primary N) is 1. The van der Waals surface area contributed by atoms with Gasteiger partial charge in [0, 0.05) is 37.8 Å². The Morgan fingerprint density at radius 3 is 2.14 bits per heavy atom. The van der Waals surface area contributed by atoms with Crippen LogP contribution in [0, 0.1) is 10.1 Å². The van der Waals surface area contributed by atoms with E-state index in [1.807, 2.05) is 14.1 Å². The lowest BCUT2D eigenvalue weighted by Crippen LogP contribution is -2.15. The van der Waals surface area contributed by atoms with E-state index in [1.165, 1.54) is 17.7 Å². The number of hydrogen-bond acceptors (Lipinski definition) is 4. The number of non-ortho nitro benzene ring substituents is 1. The molecular formula is C17H21N3O2. The molecule has 5 nitrogen and oxygen atoms in total. The number of anilines is 1. The first-order chi connectivity index (χ1) is 10.5. The minimum absolute atomic E-state index is 0.114. The summed E-state index contributed by atoms with van der Waals surface area (Å²) in [5, 5.41) is 10.7. The fourth-order valence-electron chi connectivity index (χ4n) is 2.42. The van der Waals surface area contributed by atoms with Gasteiger partial charge in [0.25, 0.3) is 5.69 Å². The lowest BCUT2D eigenvalue weighted by atomic mass is 9.92. The van der Waals surface area contributed by atoms with Crippen molar-refractivity contribution in [3.63, 3.8) is 0 Å². The van der Waals surface area contributed by atoms with Crippen LogP contribution in [0.4, 0.5) is 11.4 Å². The molecular weight excluding hydrogens is 278 g/mol. The number of benzene rings is 2. The Balaban J connectivity index is 2.12. The molecule has 0 bridgehead atoms. The fourth-order valence-corrected chi connectivity index (χ4v) is 2.42. The predicted octanol–water partition coefficient (Wildman–Crippen LogP) is 2.95. The molecule has 0 aromatic heterocycles. The van der Waals surface area contributed by atoms with E-state index < -0.39 is 0 Å². The Morgan fingerprint density at radius 2 is 1.68 bits per heavy atom. The van der Waals surface area contributed by atoms with E-state index >= 15 is 0 Å². The largest absolute Gasteiger partial charge is 0.378 e. The van der Waals surface area contributed by atoms with Crippen LogP contribution >= 0.6 is 0 Å². The summed E-state index contributed by atoms with van der Waals surface area (Å²) in [6, 6.07) is 15.0. The SMILES string of the molecule is CN(C)c1ccc(C(CN)Cc2ccc([N+](=O)[O-])cc2)cc1. The van der Waals surface area contributed by atoms with Crippen LogP contribution in [0.1, 0.15) is 17.0 Å². The van der Waals surface area contributed by atoms with Crippen molar-refractivity contribution in [3.05, 3.63) is 69.8 Å². The third kappa shape index (κ3) is 3.83. The zero-order valence-electron chi connectivity index (χ0n) is 12.9. The topological polar surface area (TPSA) is 72.4 Å². The number of rotatable bonds is 6. The minimum Gasteiger partial charge on any atom is -0.378 e. The van der Waals surface area contributed by atoms with Gasteiger partial charge in [0.2, 0.25) is 0 Å². The van der Waals surface area contributed by atoms with Gasteiger partial charge in [-0.15, -0.1) is 0 Å². The highest BCUT2D eigenvalue weighted by molar-refractivity contribution is 5.47. The molecule has 2 aromatic carbocycles. The molecule has 2 N–H and O–H groups in total. The van der Waals surface area contributed by atoms with Crippen LogP contribution in [0.15, 0.2) is 48.5 Å². The van der Waals surface area contributed by atoms with Crippen molar-refractivity contribution >= 4 is 11.4 Å². The highest BCUT2D eigenvalue weighted by atomic mass is 16.6. The number of nitrogens with zero attached hydrogens (tertiary/aromatic N) is 2. The second kappa shape index (κ2) is 7.04. The minimum atomic E-state index is -0.385. The van der Waals surface area contributed by atoms with Crippen LogP contribution in [-0.4, -0.2) is 25.6 Å². The molecule has 0 aliphatic heterocycles. The normalized spacial score (nSPS) is 12.0. The molecule has 2 rings (SSSR count). The van der Waals surface area contributed by atoms with Crippen molar-refractivity contribution in [2.24, 2.45) is 5.73 Å². The lowest BCUT2D eigenvalue weighted by Gasteiger charge is -2.18. The van der Waals surface area contributed by atoms with Crippen LogP contribution in [0.5, 0.6) is 0 Å². The number of nitro groups is 1. The van der Waals surface area contributed by atoms with Gasteiger partial charge in [-0.05, 0) is 36.2 Å². The summed E-state index contributed by atoms with van der Waals surface area (Å²) in [6.07, 6.45) is 0.774. The van der Waals surface area contributed by atoms with Crippen molar-refractivity contribution < 1.29 is 4.92 Å². The smallest absolute Gasteiger partial charge is 0.269 e. The molecule has 0 heterocycles. The van der Waals surface area contributed by atoms with Crippen molar-refractivity contribution in [2.45, 2.75) is 12.3 Å². The first-order valence-electron chi connectivity index (χ1n) is 7.22. The summed E-state index contributed by atoms with van der Waals surface area (Å²) in [5.74, 6) is 0.206. The van der Waals surface area contributed by atoms with Gasteiger partial charge in [-0.1, -0.05) is 24.3 Å². The highest BCUT2D eigenvalue weighted by Crippen LogP contribution is 2.23. The third-order valence-electron chi connectivity index (χ3n) is 3.79. The van der Waals surface area contributed by atoms with Gasteiger partial charge >= 0.3 is 0 Å². The van der Waals surface area contributed by atoms with Gasteiger partial charge in [0.05, 0.1) is 4.92 Å². The molecule has 116 valence electrons. The molecule has 22 heavy (non-hydrogen) atoms. The van der Waals surface area contributed by atoms with E-state index in [0.29, 0.717) is 6.54 Å². The zero-order chi connectivity index (χ0) is 16.1. The van der Waals surface area contributed by atoms with Gasteiger partial charge in [0.15, 0.2) is 0 Å². The molecule has 0 radical (unpaired) electrons. The summed E-state index contributed by atoms with van der Waals surface area (Å²) in [4.78, 5) is 12.3. The molecule has 0 aliphatic rings. The van der Waals surface area contributed by atoms with E-state index in [0.717, 1.165) is 17.7 Å². The Hall–Kier alpha value is -2.40. The Labute approximate surface area is 130 Å². The molecule has 5 heteroatoms. The maximum absolute atomic E-state index is 10.7. The quantitative estimate of drug-likeness (QED) is 0.657. The van der Waals surface area contributed by atoms with E-state index in [9.17, 15) is 10.1 Å². The summed E-state index contributed by atoms with van der Waals surface area (Å²) in [7, 11) is 4.01. The first-order valence-corrected chi connectivity index (χ1v) is 7.22. The molecule has 0 fully saturated rings. The summed E-state index contributed by atoms with van der Waals surface area (Å²) < 4.78 is 0. The van der Waals surface area contributed by atoms with E-state index in [-0.39, 0.29) is 16.5 Å². The van der Waals surface area contributed by atoms with Gasteiger partial charge in [-0.25, -0.2) is 0 Å². The Morgan fingerprint density at radius 1 is 1.09 bits per heavy atom. The highest BCUT2D eigenvalue weighted by Gasteiger charge is 2.12. The van der Waals surface area contributed by atoms with Crippen LogP contribution in [0.25, 0.3) is 0 Å². The van der Waals surface area contributed by atoms with E-state index in [2.05, 4.69) is 29.2 Å². The van der Waals surface area contributed by atoms with Crippen LogP contribution < -0.4 is 10.6 Å². The van der Waals surface area contributed by atoms with Crippen LogP contribution in [0.3, 0.4) is 0 Å². The van der Waals surface area contributed by atoms with Crippen LogP contribution in [0.2, 0.25) is 0 Å². The van der Waals surface area contributed by atoms with Crippen molar-refractivity contribution in [3.8, 4) is 0 Å². The molecule has 0 aliphatic carbocycles. The average molecular weight is 299 g/mol. The monoisotopic (exact) mass is 299 g/mol. The first kappa shape index (κ1) is 16.0. The molecule has 0 saturated heterocycles. The zero-order valence-corrected chi connectivity index (χ0v) is 12.9. The number of hydrogen-bond donors (Lipinski definition) is 1. The summed E-state index contributed by atoms with van der Waals surface area (Å²) in [6.45, 7) is 0.540. The third-order valence-corrected chi connectivity index (χ3v) is 3.79. The van der Waals surface area contributed by atoms with Gasteiger partial charge in [-0.3, -0.25) is 10.1 Å². The summed E-state index contributed by atoms with van der Waals surface area (Å²) >= 11 is 0. The standard InChI is InChI=1S/C17H21N3O2/c1-19(2)16-9-5-14(6-10-16)15(12-18)11-13-3-7-17(8-4-13)20(21)22/h3-10,15H,11-12,18H2,1-2H3. The van der Waals surface area contributed by atoms with Gasteiger partial charge in [0.1, 0.15) is 0 Å². The Kier molecular flexibility index (Phi) is 5.12. The second-order valence-electron chi connectivity index (χ2n) is 5.55. The molecule has 2 aromatic rings. The lowest BCUT2D eigenvalue weighted by molar-refractivity contribution is -0.384. The Bertz CT molecular complexity index is 621. The van der Waals surface area contributed by atoms with E-state index in [4.69, 9.17) is 5.73 Å². The second-order valence-corrected chi connectivity index (χ2v) is 5.55. The maximum atomic E-state index is 10.7. The summed E-state index contributed by atoms with van der Waals surface area (Å²) in [5.41, 5.74) is 9.41. The number of nitro benzene ring substituents is 1. The van der Waals surface area contributed by atoms with Crippen molar-refractivity contribution in [1.82, 2.24) is 0 Å². The fraction of sp³-hybridized carbons (Fsp3) is 0.294. The van der Waals surface area contributed by atoms with Crippen LogP contribution in [-0.2, 0) is 6.42 Å². The van der Waals surface area contributed by atoms with Crippen molar-refractivity contribution in [2.75, 3.05) is 25.5 Å². The molecule has 0 amide bonds. The molecule has 0 spiro atoms. The molecule has 1 atom stereocenters. The molecule has 1 unspecified atom stereocenters. The van der Waals surface area contributed by atoms with Gasteiger partial charge in [-0.2, -0.15) is 0 Å². The van der Waals surface area contributed by atoms with Crippen molar-refractivity contribution in [1.29, 1.82) is 0 Å². The molecule has 0 saturated carbocycles. The van der Waals surface area contributed by atoms with Gasteiger partial charge < -0.3 is 10.6 Å².